The summed E-state index contributed by atoms with van der Waals surface area (Å²) < 4.78 is 25.6. The van der Waals surface area contributed by atoms with Crippen LogP contribution in [0.2, 0.25) is 0 Å². The number of sulfonamides is 1. The fourth-order valence-corrected chi connectivity index (χ4v) is 3.83. The summed E-state index contributed by atoms with van der Waals surface area (Å²) in [6, 6.07) is 0.450. The van der Waals surface area contributed by atoms with Crippen LogP contribution in [-0.4, -0.2) is 43.1 Å². The molecule has 0 aromatic heterocycles. The average Bonchev–Trinajstić information content (AvgIpc) is 2.19. The highest BCUT2D eigenvalue weighted by atomic mass is 32.2. The number of hydrogen-bond donors (Lipinski definition) is 1. The van der Waals surface area contributed by atoms with Crippen molar-refractivity contribution in [1.82, 2.24) is 9.62 Å². The van der Waals surface area contributed by atoms with Crippen molar-refractivity contribution in [2.75, 3.05) is 19.6 Å². The van der Waals surface area contributed by atoms with Gasteiger partial charge in [-0.2, -0.15) is 0 Å². The summed E-state index contributed by atoms with van der Waals surface area (Å²) >= 11 is 0. The Balaban J connectivity index is 2.74. The molecule has 1 rings (SSSR count). The lowest BCUT2D eigenvalue weighted by Crippen LogP contribution is -2.53. The Kier molecular flexibility index (Phi) is 4.60. The van der Waals surface area contributed by atoms with E-state index in [1.807, 2.05) is 0 Å². The van der Waals surface area contributed by atoms with E-state index < -0.39 is 14.8 Å². The van der Waals surface area contributed by atoms with Crippen molar-refractivity contribution in [3.05, 3.63) is 0 Å². The Morgan fingerprint density at radius 3 is 2.35 bits per heavy atom. The molecule has 2 atom stereocenters. The molecule has 0 amide bonds. The third-order valence-electron chi connectivity index (χ3n) is 3.45. The molecule has 0 bridgehead atoms. The molecule has 0 aromatic carbocycles. The van der Waals surface area contributed by atoms with E-state index in [1.54, 1.807) is 25.1 Å². The van der Waals surface area contributed by atoms with Crippen LogP contribution in [0, 0.1) is 5.92 Å². The third-order valence-corrected chi connectivity index (χ3v) is 6.01. The Hall–Kier alpha value is -0.130. The first-order valence-corrected chi connectivity index (χ1v) is 7.87. The second kappa shape index (κ2) is 5.24. The van der Waals surface area contributed by atoms with Crippen molar-refractivity contribution >= 4 is 10.0 Å². The molecule has 1 saturated heterocycles. The van der Waals surface area contributed by atoms with Gasteiger partial charge in [0.1, 0.15) is 0 Å². The first-order valence-electron chi connectivity index (χ1n) is 6.43. The van der Waals surface area contributed by atoms with Crippen LogP contribution in [0.1, 0.15) is 41.0 Å². The number of rotatable bonds is 3. The van der Waals surface area contributed by atoms with Crippen LogP contribution < -0.4 is 5.32 Å². The minimum atomic E-state index is -3.17. The lowest BCUT2D eigenvalue weighted by atomic mass is 9.95. The van der Waals surface area contributed by atoms with E-state index in [1.165, 1.54) is 0 Å². The molecule has 0 radical (unpaired) electrons. The third kappa shape index (κ3) is 3.20. The number of nitrogens with one attached hydrogen (secondary N) is 1. The van der Waals surface area contributed by atoms with E-state index in [-0.39, 0.29) is 0 Å². The molecule has 1 heterocycles. The van der Waals surface area contributed by atoms with Gasteiger partial charge in [-0.3, -0.25) is 0 Å². The smallest absolute Gasteiger partial charge is 0.219 e. The molecule has 0 aliphatic carbocycles. The van der Waals surface area contributed by atoms with Crippen molar-refractivity contribution in [2.24, 2.45) is 5.92 Å². The molecule has 1 N–H and O–H groups in total. The number of nitrogens with zero attached hydrogens (tertiary/aromatic N) is 1. The van der Waals surface area contributed by atoms with Gasteiger partial charge < -0.3 is 5.32 Å². The van der Waals surface area contributed by atoms with E-state index in [9.17, 15) is 8.42 Å². The van der Waals surface area contributed by atoms with Crippen LogP contribution in [0.15, 0.2) is 0 Å². The van der Waals surface area contributed by atoms with Crippen LogP contribution in [0.4, 0.5) is 0 Å². The predicted molar refractivity (Wildman–Crippen MR) is 71.5 cm³/mol. The van der Waals surface area contributed by atoms with E-state index in [0.29, 0.717) is 25.0 Å². The molecule has 102 valence electrons. The normalized spacial score (nSPS) is 28.3. The molecule has 0 aromatic rings. The van der Waals surface area contributed by atoms with Gasteiger partial charge in [0.25, 0.3) is 0 Å². The van der Waals surface area contributed by atoms with Gasteiger partial charge in [0, 0.05) is 19.1 Å². The zero-order valence-corrected chi connectivity index (χ0v) is 12.5. The van der Waals surface area contributed by atoms with Crippen molar-refractivity contribution in [3.8, 4) is 0 Å². The van der Waals surface area contributed by atoms with Crippen molar-refractivity contribution < 1.29 is 8.42 Å². The minimum absolute atomic E-state index is 0.376. The predicted octanol–water partition coefficient (Wildman–Crippen LogP) is 1.43. The Labute approximate surface area is 106 Å². The summed E-state index contributed by atoms with van der Waals surface area (Å²) in [6.45, 7) is 11.7. The maximum Gasteiger partial charge on any atom is 0.219 e. The van der Waals surface area contributed by atoms with Gasteiger partial charge in [0.15, 0.2) is 0 Å². The molecule has 2 unspecified atom stereocenters. The fraction of sp³-hybridized carbons (Fsp3) is 1.00. The monoisotopic (exact) mass is 262 g/mol. The fourth-order valence-electron chi connectivity index (χ4n) is 2.28. The Morgan fingerprint density at radius 1 is 1.35 bits per heavy atom. The molecule has 0 saturated carbocycles. The van der Waals surface area contributed by atoms with Gasteiger partial charge in [-0.15, -0.1) is 0 Å². The second-order valence-electron chi connectivity index (χ2n) is 5.91. The second-order valence-corrected chi connectivity index (χ2v) is 8.60. The zero-order valence-electron chi connectivity index (χ0n) is 11.7. The molecule has 5 heteroatoms. The summed E-state index contributed by atoms with van der Waals surface area (Å²) in [4.78, 5) is 0. The van der Waals surface area contributed by atoms with Crippen molar-refractivity contribution in [3.63, 3.8) is 0 Å². The quantitative estimate of drug-likeness (QED) is 0.837. The van der Waals surface area contributed by atoms with Crippen LogP contribution in [0.25, 0.3) is 0 Å². The maximum atomic E-state index is 12.3. The van der Waals surface area contributed by atoms with E-state index in [0.717, 1.165) is 13.0 Å². The number of piperidine rings is 1. The van der Waals surface area contributed by atoms with Crippen molar-refractivity contribution in [1.29, 1.82) is 0 Å². The highest BCUT2D eigenvalue weighted by Crippen LogP contribution is 2.26. The molecule has 17 heavy (non-hydrogen) atoms. The van der Waals surface area contributed by atoms with Crippen molar-refractivity contribution in [2.45, 2.75) is 51.8 Å². The van der Waals surface area contributed by atoms with E-state index in [4.69, 9.17) is 0 Å². The molecular formula is C12H26N2O2S. The maximum absolute atomic E-state index is 12.3. The lowest BCUT2D eigenvalue weighted by Gasteiger charge is -2.39. The molecular weight excluding hydrogens is 236 g/mol. The first kappa shape index (κ1) is 14.9. The van der Waals surface area contributed by atoms with E-state index in [2.05, 4.69) is 19.2 Å². The van der Waals surface area contributed by atoms with Crippen LogP contribution >= 0.6 is 0 Å². The lowest BCUT2D eigenvalue weighted by molar-refractivity contribution is 0.219. The molecule has 0 spiro atoms. The van der Waals surface area contributed by atoms with Crippen LogP contribution in [0.3, 0.4) is 0 Å². The Morgan fingerprint density at radius 2 is 1.94 bits per heavy atom. The number of hydrogen-bond acceptors (Lipinski definition) is 3. The highest BCUT2D eigenvalue weighted by Gasteiger charge is 2.39. The van der Waals surface area contributed by atoms with E-state index >= 15 is 0 Å². The standard InChI is InChI=1S/C12H26N2O2S/c1-6-13-11-7-8-14(9-10(11)2)17(15,16)12(3,4)5/h10-11,13H,6-9H2,1-5H3. The van der Waals surface area contributed by atoms with Gasteiger partial charge in [-0.1, -0.05) is 13.8 Å². The van der Waals surface area contributed by atoms with Gasteiger partial charge in [0.2, 0.25) is 10.0 Å². The summed E-state index contributed by atoms with van der Waals surface area (Å²) in [6.07, 6.45) is 0.907. The van der Waals surface area contributed by atoms with Crippen LogP contribution in [0.5, 0.6) is 0 Å². The summed E-state index contributed by atoms with van der Waals surface area (Å²) in [5.74, 6) is 0.376. The SMILES string of the molecule is CCNC1CCN(S(=O)(=O)C(C)(C)C)CC1C. The Bertz CT molecular complexity index is 346. The molecule has 1 aliphatic heterocycles. The summed E-state index contributed by atoms with van der Waals surface area (Å²) in [7, 11) is -3.17. The van der Waals surface area contributed by atoms with Gasteiger partial charge in [-0.05, 0) is 39.7 Å². The topological polar surface area (TPSA) is 49.4 Å². The summed E-state index contributed by atoms with van der Waals surface area (Å²) in [5.41, 5.74) is 0. The van der Waals surface area contributed by atoms with Gasteiger partial charge in [0.05, 0.1) is 4.75 Å². The first-order chi connectivity index (χ1) is 7.70. The highest BCUT2D eigenvalue weighted by molar-refractivity contribution is 7.90. The van der Waals surface area contributed by atoms with Crippen LogP contribution in [-0.2, 0) is 10.0 Å². The molecule has 1 fully saturated rings. The summed E-state index contributed by atoms with van der Waals surface area (Å²) in [5, 5.41) is 3.42. The van der Waals surface area contributed by atoms with Gasteiger partial charge in [-0.25, -0.2) is 12.7 Å². The van der Waals surface area contributed by atoms with Gasteiger partial charge >= 0.3 is 0 Å². The molecule has 4 nitrogen and oxygen atoms in total. The minimum Gasteiger partial charge on any atom is -0.314 e. The molecule has 1 aliphatic rings. The average molecular weight is 262 g/mol. The largest absolute Gasteiger partial charge is 0.314 e. The zero-order chi connectivity index (χ0) is 13.3.